The van der Waals surface area contributed by atoms with Crippen molar-refractivity contribution >= 4 is 17.8 Å². The third kappa shape index (κ3) is 5.72. The molecule has 5 saturated carbocycles. The first-order chi connectivity index (χ1) is 23.1. The monoisotopic (exact) mass is 695 g/mol. The summed E-state index contributed by atoms with van der Waals surface area (Å²) >= 11 is 0. The molecule has 1 N–H and O–H groups in total. The summed E-state index contributed by atoms with van der Waals surface area (Å²) in [6.07, 6.45) is 12.9. The highest BCUT2D eigenvalue weighted by atomic mass is 16.5. The van der Waals surface area contributed by atoms with Crippen LogP contribution in [0.1, 0.15) is 139 Å². The fourth-order valence-corrected chi connectivity index (χ4v) is 14.2. The number of ether oxygens (including phenoxy) is 1. The Morgan fingerprint density at radius 2 is 1.58 bits per heavy atom. The van der Waals surface area contributed by atoms with Gasteiger partial charge >= 0.3 is 11.9 Å². The second-order valence-corrected chi connectivity index (χ2v) is 20.7. The van der Waals surface area contributed by atoms with Crippen molar-refractivity contribution in [2.24, 2.45) is 62.1 Å². The number of carbonyl (C=O) groups is 3. The number of aliphatic carboxylic acids is 1. The number of carboxylic acid groups (broad SMARTS) is 1. The molecule has 11 atom stereocenters. The first-order valence-corrected chi connectivity index (χ1v) is 20.2. The highest BCUT2D eigenvalue weighted by molar-refractivity contribution is 5.81. The third-order valence-electron chi connectivity index (χ3n) is 17.4. The molecule has 6 rings (SSSR count). The normalized spacial score (nSPS) is 43.7. The number of likely N-dealkylation sites (N-methyl/N-ethyl adjacent to an activating group) is 1. The Balaban J connectivity index is 1.24. The SMILES string of the molecule is C=C(C)[C@@H]1CC[C@]2(CC(=O)N3CC[C@H](N(C)C)C3)CC[C@]3(C)[C@H](CC[C@@H]4[C@@]5(C)CC[C@H](OC(=O)CC(C)(C)C(=O)O)C(C)(C)[C@@H]5CC[C@]43C)[C@@H]12. The summed E-state index contributed by atoms with van der Waals surface area (Å²) in [5.74, 6) is 1.71. The molecule has 6 fully saturated rings. The first-order valence-electron chi connectivity index (χ1n) is 20.2. The van der Waals surface area contributed by atoms with Crippen LogP contribution in [-0.4, -0.2) is 72.1 Å². The van der Waals surface area contributed by atoms with Crippen molar-refractivity contribution in [1.29, 1.82) is 0 Å². The van der Waals surface area contributed by atoms with Gasteiger partial charge in [-0.3, -0.25) is 14.4 Å². The predicted molar refractivity (Wildman–Crippen MR) is 198 cm³/mol. The Morgan fingerprint density at radius 1 is 0.880 bits per heavy atom. The van der Waals surface area contributed by atoms with Crippen LogP contribution in [0.4, 0.5) is 0 Å². The summed E-state index contributed by atoms with van der Waals surface area (Å²) < 4.78 is 6.19. The number of rotatable bonds is 8. The Hall–Kier alpha value is -1.89. The molecule has 0 bridgehead atoms. The molecular weight excluding hydrogens is 624 g/mol. The number of carboxylic acids is 1. The standard InChI is InChI=1S/C43H70N2O5/c1-27(2)29-14-20-43(24-34(46)45-23-17-28(26-45)44(10)11)22-21-41(8)30(36(29)43)12-13-32-40(7)18-16-33(50-35(47)25-38(3,4)37(48)49)39(5,6)31(40)15-19-42(32,41)9/h28-33,36H,1,12-26H2,2-11H3,(H,48,49)/t28-,29-,30+,31-,32+,33-,36+,40-,41+,42+,43+/m0/s1. The van der Waals surface area contributed by atoms with Gasteiger partial charge in [0.1, 0.15) is 6.10 Å². The Labute approximate surface area is 303 Å². The number of nitrogens with zero attached hydrogens (tertiary/aromatic N) is 2. The van der Waals surface area contributed by atoms with Crippen LogP contribution >= 0.6 is 0 Å². The molecule has 7 nitrogen and oxygen atoms in total. The molecule has 50 heavy (non-hydrogen) atoms. The number of allylic oxidation sites excluding steroid dienone is 1. The lowest BCUT2D eigenvalue weighted by molar-refractivity contribution is -0.250. The van der Waals surface area contributed by atoms with Crippen LogP contribution in [0.25, 0.3) is 0 Å². The quantitative estimate of drug-likeness (QED) is 0.202. The minimum atomic E-state index is -1.14. The van der Waals surface area contributed by atoms with E-state index in [1.807, 2.05) is 0 Å². The summed E-state index contributed by atoms with van der Waals surface area (Å²) in [4.78, 5) is 43.4. The van der Waals surface area contributed by atoms with Crippen LogP contribution in [0.2, 0.25) is 0 Å². The van der Waals surface area contributed by atoms with Crippen molar-refractivity contribution in [3.63, 3.8) is 0 Å². The van der Waals surface area contributed by atoms with Gasteiger partial charge < -0.3 is 19.6 Å². The van der Waals surface area contributed by atoms with Crippen LogP contribution in [0.5, 0.6) is 0 Å². The van der Waals surface area contributed by atoms with Crippen LogP contribution < -0.4 is 0 Å². The molecule has 5 aliphatic carbocycles. The van der Waals surface area contributed by atoms with Crippen molar-refractivity contribution in [1.82, 2.24) is 9.80 Å². The van der Waals surface area contributed by atoms with Crippen LogP contribution in [0.3, 0.4) is 0 Å². The van der Waals surface area contributed by atoms with E-state index in [4.69, 9.17) is 4.74 Å². The molecule has 1 aliphatic heterocycles. The maximum Gasteiger partial charge on any atom is 0.309 e. The average molecular weight is 695 g/mol. The van der Waals surface area contributed by atoms with E-state index in [9.17, 15) is 19.5 Å². The van der Waals surface area contributed by atoms with E-state index in [2.05, 4.69) is 72.0 Å². The summed E-state index contributed by atoms with van der Waals surface area (Å²) in [6, 6.07) is 0.469. The van der Waals surface area contributed by atoms with Crippen LogP contribution in [0, 0.1) is 62.1 Å². The zero-order valence-electron chi connectivity index (χ0n) is 33.3. The van der Waals surface area contributed by atoms with Crippen molar-refractivity contribution < 1.29 is 24.2 Å². The van der Waals surface area contributed by atoms with Crippen LogP contribution in [0.15, 0.2) is 12.2 Å². The summed E-state index contributed by atoms with van der Waals surface area (Å²) in [7, 11) is 4.28. The van der Waals surface area contributed by atoms with Gasteiger partial charge in [0, 0.05) is 31.0 Å². The topological polar surface area (TPSA) is 87.2 Å². The Kier molecular flexibility index (Phi) is 9.55. The second kappa shape index (κ2) is 12.6. The highest BCUT2D eigenvalue weighted by Gasteiger charge is 2.71. The average Bonchev–Trinajstić information content (AvgIpc) is 3.65. The van der Waals surface area contributed by atoms with E-state index in [0.29, 0.717) is 48.0 Å². The predicted octanol–water partition coefficient (Wildman–Crippen LogP) is 8.61. The van der Waals surface area contributed by atoms with Gasteiger partial charge in [0.15, 0.2) is 0 Å². The van der Waals surface area contributed by atoms with E-state index >= 15 is 0 Å². The molecule has 0 aromatic carbocycles. The maximum absolute atomic E-state index is 14.1. The molecule has 0 aromatic heterocycles. The molecule has 0 aromatic rings. The maximum atomic E-state index is 14.1. The summed E-state index contributed by atoms with van der Waals surface area (Å²) in [5, 5.41) is 9.61. The molecule has 0 unspecified atom stereocenters. The molecule has 1 amide bonds. The van der Waals surface area contributed by atoms with Crippen molar-refractivity contribution in [3.8, 4) is 0 Å². The Morgan fingerprint density at radius 3 is 2.20 bits per heavy atom. The first kappa shape index (κ1) is 37.9. The van der Waals surface area contributed by atoms with Gasteiger partial charge in [-0.25, -0.2) is 0 Å². The molecule has 1 saturated heterocycles. The molecule has 6 aliphatic rings. The smallest absolute Gasteiger partial charge is 0.309 e. The number of amides is 1. The minimum Gasteiger partial charge on any atom is -0.481 e. The lowest BCUT2D eigenvalue weighted by Crippen LogP contribution is -2.67. The lowest BCUT2D eigenvalue weighted by Gasteiger charge is -2.73. The van der Waals surface area contributed by atoms with Gasteiger partial charge in [0.05, 0.1) is 11.8 Å². The van der Waals surface area contributed by atoms with Crippen molar-refractivity contribution in [2.45, 2.75) is 151 Å². The lowest BCUT2D eigenvalue weighted by atomic mass is 9.32. The third-order valence-corrected chi connectivity index (χ3v) is 17.4. The molecule has 7 heteroatoms. The molecule has 282 valence electrons. The zero-order chi connectivity index (χ0) is 36.8. The van der Waals surface area contributed by atoms with E-state index in [0.717, 1.165) is 51.6 Å². The molecule has 1 heterocycles. The highest BCUT2D eigenvalue weighted by Crippen LogP contribution is 2.78. The van der Waals surface area contributed by atoms with Gasteiger partial charge in [-0.15, -0.1) is 0 Å². The van der Waals surface area contributed by atoms with Crippen molar-refractivity contribution in [3.05, 3.63) is 12.2 Å². The van der Waals surface area contributed by atoms with E-state index < -0.39 is 11.4 Å². The Bertz CT molecular complexity index is 1390. The summed E-state index contributed by atoms with van der Waals surface area (Å²) in [6.45, 7) is 24.3. The van der Waals surface area contributed by atoms with Gasteiger partial charge in [-0.05, 0) is 157 Å². The second-order valence-electron chi connectivity index (χ2n) is 20.7. The number of hydrogen-bond acceptors (Lipinski definition) is 5. The molecule has 0 radical (unpaired) electrons. The number of carbonyl (C=O) groups excluding carboxylic acids is 2. The number of hydrogen-bond donors (Lipinski definition) is 1. The number of fused-ring (bicyclic) bond motifs is 7. The molecule has 0 spiro atoms. The van der Waals surface area contributed by atoms with Gasteiger partial charge in [0.2, 0.25) is 5.91 Å². The van der Waals surface area contributed by atoms with E-state index in [1.165, 1.54) is 37.7 Å². The minimum absolute atomic E-state index is 0.0878. The number of esters is 1. The van der Waals surface area contributed by atoms with Crippen LogP contribution in [-0.2, 0) is 19.1 Å². The molecular formula is C43H70N2O5. The van der Waals surface area contributed by atoms with Gasteiger partial charge in [-0.1, -0.05) is 46.8 Å². The fraction of sp³-hybridized carbons (Fsp3) is 0.884. The fourth-order valence-electron chi connectivity index (χ4n) is 14.2. The van der Waals surface area contributed by atoms with Gasteiger partial charge in [0.25, 0.3) is 0 Å². The summed E-state index contributed by atoms with van der Waals surface area (Å²) in [5.41, 5.74) is 0.658. The largest absolute Gasteiger partial charge is 0.481 e. The van der Waals surface area contributed by atoms with Crippen molar-refractivity contribution in [2.75, 3.05) is 27.2 Å². The number of likely N-dealkylation sites (tertiary alicyclic amines) is 1. The van der Waals surface area contributed by atoms with Gasteiger partial charge in [-0.2, -0.15) is 0 Å². The van der Waals surface area contributed by atoms with E-state index in [1.54, 1.807) is 13.8 Å². The van der Waals surface area contributed by atoms with E-state index in [-0.39, 0.29) is 45.6 Å². The zero-order valence-corrected chi connectivity index (χ0v) is 33.3.